The molecule has 0 saturated carbocycles. The van der Waals surface area contributed by atoms with Gasteiger partial charge in [0.1, 0.15) is 0 Å². The van der Waals surface area contributed by atoms with Crippen LogP contribution in [0, 0.1) is 5.92 Å². The number of nitrogens with zero attached hydrogens (tertiary/aromatic N) is 5. The summed E-state index contributed by atoms with van der Waals surface area (Å²) >= 11 is 0.956. The number of aromatic nitrogens is 3. The zero-order valence-electron chi connectivity index (χ0n) is 20.0. The Morgan fingerprint density at radius 1 is 1.14 bits per heavy atom. The van der Waals surface area contributed by atoms with E-state index in [0.717, 1.165) is 40.9 Å². The minimum absolute atomic E-state index is 0.0375. The van der Waals surface area contributed by atoms with Crippen LogP contribution < -0.4 is 10.5 Å². The fourth-order valence-electron chi connectivity index (χ4n) is 5.25. The number of thiazole rings is 1. The van der Waals surface area contributed by atoms with Gasteiger partial charge in [-0.3, -0.25) is 14.2 Å². The number of Topliss-reactive ketones (excluding diaryl/α,β-unsaturated/α-hetero) is 1. The van der Waals surface area contributed by atoms with E-state index in [1.165, 1.54) is 0 Å². The van der Waals surface area contributed by atoms with Crippen LogP contribution in [0.25, 0.3) is 10.3 Å². The van der Waals surface area contributed by atoms with E-state index in [4.69, 9.17) is 0 Å². The van der Waals surface area contributed by atoms with Gasteiger partial charge in [0, 0.05) is 26.1 Å². The first-order chi connectivity index (χ1) is 17.2. The number of ketones is 1. The van der Waals surface area contributed by atoms with Crippen molar-refractivity contribution in [1.82, 2.24) is 19.4 Å². The van der Waals surface area contributed by atoms with E-state index in [-0.39, 0.29) is 28.6 Å². The molecule has 0 spiro atoms. The Kier molecular flexibility index (Phi) is 6.86. The van der Waals surface area contributed by atoms with Crippen LogP contribution in [0.4, 0.5) is 18.3 Å². The second kappa shape index (κ2) is 9.93. The number of likely N-dealkylation sites (tertiary alicyclic amines) is 1. The van der Waals surface area contributed by atoms with Crippen LogP contribution in [0.1, 0.15) is 37.1 Å². The van der Waals surface area contributed by atoms with Crippen molar-refractivity contribution in [3.63, 3.8) is 0 Å². The van der Waals surface area contributed by atoms with Gasteiger partial charge in [0.05, 0.1) is 6.04 Å². The zero-order chi connectivity index (χ0) is 25.4. The van der Waals surface area contributed by atoms with Gasteiger partial charge in [-0.25, -0.2) is 9.97 Å². The van der Waals surface area contributed by atoms with Crippen LogP contribution in [-0.4, -0.2) is 57.9 Å². The Morgan fingerprint density at radius 2 is 1.92 bits per heavy atom. The van der Waals surface area contributed by atoms with Crippen LogP contribution in [0.2, 0.25) is 0 Å². The lowest BCUT2D eigenvalue weighted by molar-refractivity contribution is -0.148. The predicted molar refractivity (Wildman–Crippen MR) is 132 cm³/mol. The van der Waals surface area contributed by atoms with E-state index in [1.54, 1.807) is 0 Å². The number of halogens is 3. The standard InChI is InChI=1S/C25H28F3N5O2S/c1-31-13-11-17(14-31)15-33-22(35)20-21(30-23(33)25(26,27)28)36-24(29-20)32-12-5-8-18(32)19(34)10-9-16-6-3-2-4-7-16/h2-4,6-7,17-18H,5,8-15H2,1H3/t17?,18-/m1/s1. The highest BCUT2D eigenvalue weighted by Crippen LogP contribution is 2.35. The van der Waals surface area contributed by atoms with Gasteiger partial charge in [-0.05, 0) is 50.8 Å². The molecule has 2 aliphatic heterocycles. The molecule has 2 aromatic heterocycles. The third kappa shape index (κ3) is 5.04. The summed E-state index contributed by atoms with van der Waals surface area (Å²) < 4.78 is 42.5. The van der Waals surface area contributed by atoms with Gasteiger partial charge in [0.2, 0.25) is 5.82 Å². The number of aryl methyl sites for hydroxylation is 1. The van der Waals surface area contributed by atoms with Gasteiger partial charge < -0.3 is 9.80 Å². The smallest absolute Gasteiger partial charge is 0.338 e. The van der Waals surface area contributed by atoms with Crippen LogP contribution in [0.3, 0.4) is 0 Å². The van der Waals surface area contributed by atoms with Gasteiger partial charge in [0.25, 0.3) is 5.56 Å². The van der Waals surface area contributed by atoms with Crippen LogP contribution in [0.15, 0.2) is 35.1 Å². The number of rotatable bonds is 7. The molecule has 192 valence electrons. The highest BCUT2D eigenvalue weighted by Gasteiger charge is 2.39. The number of alkyl halides is 3. The molecule has 1 unspecified atom stereocenters. The van der Waals surface area contributed by atoms with E-state index in [1.807, 2.05) is 47.2 Å². The first-order valence-electron chi connectivity index (χ1n) is 12.2. The number of fused-ring (bicyclic) bond motifs is 1. The molecule has 0 amide bonds. The maximum absolute atomic E-state index is 13.9. The SMILES string of the molecule is CN1CCC(Cn2c(C(F)(F)F)nc3sc(N4CCC[C@@H]4C(=O)CCc4ccccc4)nc3c2=O)C1. The van der Waals surface area contributed by atoms with Crippen molar-refractivity contribution in [1.29, 1.82) is 0 Å². The second-order valence-electron chi connectivity index (χ2n) is 9.72. The van der Waals surface area contributed by atoms with Crippen LogP contribution in [0.5, 0.6) is 0 Å². The number of hydrogen-bond acceptors (Lipinski definition) is 7. The first kappa shape index (κ1) is 24.9. The number of hydrogen-bond donors (Lipinski definition) is 0. The Bertz CT molecular complexity index is 1310. The minimum atomic E-state index is -4.76. The number of benzene rings is 1. The summed E-state index contributed by atoms with van der Waals surface area (Å²) in [5.41, 5.74) is 0.250. The fourth-order valence-corrected chi connectivity index (χ4v) is 6.26. The summed E-state index contributed by atoms with van der Waals surface area (Å²) in [4.78, 5) is 38.4. The third-order valence-corrected chi connectivity index (χ3v) is 8.05. The molecule has 0 aliphatic carbocycles. The van der Waals surface area contributed by atoms with E-state index in [9.17, 15) is 22.8 Å². The summed E-state index contributed by atoms with van der Waals surface area (Å²) in [7, 11) is 1.91. The van der Waals surface area contributed by atoms with Crippen molar-refractivity contribution < 1.29 is 18.0 Å². The molecule has 2 fully saturated rings. The van der Waals surface area contributed by atoms with E-state index in [2.05, 4.69) is 9.97 Å². The minimum Gasteiger partial charge on any atom is -0.338 e. The Labute approximate surface area is 210 Å². The quantitative estimate of drug-likeness (QED) is 0.470. The van der Waals surface area contributed by atoms with Gasteiger partial charge in [-0.1, -0.05) is 41.7 Å². The second-order valence-corrected chi connectivity index (χ2v) is 10.7. The lowest BCUT2D eigenvalue weighted by atomic mass is 10.0. The summed E-state index contributed by atoms with van der Waals surface area (Å²) in [5, 5.41) is 0.386. The maximum atomic E-state index is 13.9. The highest BCUT2D eigenvalue weighted by atomic mass is 32.1. The number of carbonyl (C=O) groups is 1. The van der Waals surface area contributed by atoms with E-state index < -0.39 is 23.6 Å². The molecule has 2 atom stereocenters. The molecular formula is C25H28F3N5O2S. The molecular weight excluding hydrogens is 491 g/mol. The predicted octanol–water partition coefficient (Wildman–Crippen LogP) is 3.99. The monoisotopic (exact) mass is 519 g/mol. The molecule has 5 rings (SSSR count). The van der Waals surface area contributed by atoms with Crippen molar-refractivity contribution in [3.8, 4) is 0 Å². The van der Waals surface area contributed by atoms with Crippen molar-refractivity contribution in [2.45, 2.75) is 50.9 Å². The Balaban J connectivity index is 1.43. The average Bonchev–Trinajstić information content (AvgIpc) is 3.58. The zero-order valence-corrected chi connectivity index (χ0v) is 20.8. The maximum Gasteiger partial charge on any atom is 0.449 e. The molecule has 2 saturated heterocycles. The Hall–Kier alpha value is -2.79. The summed E-state index contributed by atoms with van der Waals surface area (Å²) in [5.74, 6) is -1.17. The van der Waals surface area contributed by atoms with Crippen molar-refractivity contribution in [2.24, 2.45) is 5.92 Å². The van der Waals surface area contributed by atoms with E-state index in [0.29, 0.717) is 37.5 Å². The molecule has 0 N–H and O–H groups in total. The third-order valence-electron chi connectivity index (χ3n) is 7.07. The van der Waals surface area contributed by atoms with Gasteiger partial charge in [-0.2, -0.15) is 13.2 Å². The van der Waals surface area contributed by atoms with Crippen LogP contribution in [-0.2, 0) is 23.9 Å². The molecule has 36 heavy (non-hydrogen) atoms. The normalized spacial score (nSPS) is 21.1. The lowest BCUT2D eigenvalue weighted by Gasteiger charge is -2.22. The van der Waals surface area contributed by atoms with Crippen LogP contribution >= 0.6 is 11.3 Å². The molecule has 0 bridgehead atoms. The number of carbonyl (C=O) groups excluding carboxylic acids is 1. The Morgan fingerprint density at radius 3 is 2.61 bits per heavy atom. The molecule has 2 aliphatic rings. The summed E-state index contributed by atoms with van der Waals surface area (Å²) in [6, 6.07) is 9.35. The lowest BCUT2D eigenvalue weighted by Crippen LogP contribution is -2.36. The highest BCUT2D eigenvalue weighted by molar-refractivity contribution is 7.21. The molecule has 3 aromatic rings. The number of anilines is 1. The molecule has 0 radical (unpaired) electrons. The summed E-state index contributed by atoms with van der Waals surface area (Å²) in [6.45, 7) is 1.94. The molecule has 11 heteroatoms. The topological polar surface area (TPSA) is 71.3 Å². The first-order valence-corrected chi connectivity index (χ1v) is 13.0. The van der Waals surface area contributed by atoms with E-state index >= 15 is 0 Å². The fraction of sp³-hybridized carbons (Fsp3) is 0.520. The summed E-state index contributed by atoms with van der Waals surface area (Å²) in [6.07, 6.45) is -1.61. The van der Waals surface area contributed by atoms with Gasteiger partial charge in [0.15, 0.2) is 21.3 Å². The van der Waals surface area contributed by atoms with Crippen molar-refractivity contribution >= 4 is 32.6 Å². The largest absolute Gasteiger partial charge is 0.449 e. The van der Waals surface area contributed by atoms with Gasteiger partial charge >= 0.3 is 6.18 Å². The average molecular weight is 520 g/mol. The molecule has 7 nitrogen and oxygen atoms in total. The van der Waals surface area contributed by atoms with Crippen molar-refractivity contribution in [2.75, 3.05) is 31.6 Å². The van der Waals surface area contributed by atoms with Crippen molar-refractivity contribution in [3.05, 3.63) is 52.1 Å². The molecule has 1 aromatic carbocycles. The molecule has 4 heterocycles. The van der Waals surface area contributed by atoms with Gasteiger partial charge in [-0.15, -0.1) is 0 Å².